The molecule has 1 nitrogen and oxygen atoms in total. The summed E-state index contributed by atoms with van der Waals surface area (Å²) in [5.41, 5.74) is 7.87. The third kappa shape index (κ3) is 2.45. The molecule has 0 amide bonds. The van der Waals surface area contributed by atoms with Crippen molar-refractivity contribution < 1.29 is 0 Å². The maximum Gasteiger partial charge on any atom is 0.0786 e. The Kier molecular flexibility index (Phi) is 3.79. The topological polar surface area (TPSA) is 12.9 Å². The third-order valence-corrected chi connectivity index (χ3v) is 6.54. The van der Waals surface area contributed by atoms with Crippen LogP contribution in [0, 0.1) is 0 Å². The van der Waals surface area contributed by atoms with Crippen molar-refractivity contribution in [1.29, 1.82) is 0 Å². The molecule has 0 saturated carbocycles. The van der Waals surface area contributed by atoms with Crippen molar-refractivity contribution in [2.45, 2.75) is 25.7 Å². The predicted molar refractivity (Wildman–Crippen MR) is 126 cm³/mol. The van der Waals surface area contributed by atoms with E-state index in [0.717, 1.165) is 5.69 Å². The van der Waals surface area contributed by atoms with Crippen LogP contribution in [0.1, 0.15) is 47.9 Å². The Balaban J connectivity index is 1.82. The maximum atomic E-state index is 4.89. The summed E-state index contributed by atoms with van der Waals surface area (Å²) < 4.78 is 0. The van der Waals surface area contributed by atoms with Gasteiger partial charge < -0.3 is 0 Å². The van der Waals surface area contributed by atoms with Gasteiger partial charge in [0.05, 0.1) is 5.69 Å². The Morgan fingerprint density at radius 1 is 0.767 bits per heavy atom. The van der Waals surface area contributed by atoms with Gasteiger partial charge in [-0.05, 0) is 50.4 Å². The largest absolute Gasteiger partial charge is 0.256 e. The second-order valence-corrected chi connectivity index (χ2v) is 8.61. The van der Waals surface area contributed by atoms with Gasteiger partial charge in [-0.25, -0.2) is 0 Å². The summed E-state index contributed by atoms with van der Waals surface area (Å²) >= 11 is 0. The molecule has 5 aromatic rings. The molecule has 0 fully saturated rings. The van der Waals surface area contributed by atoms with Crippen LogP contribution in [-0.2, 0) is 0 Å². The number of benzene rings is 4. The summed E-state index contributed by atoms with van der Waals surface area (Å²) in [6.07, 6.45) is 1.97. The molecule has 1 aromatic heterocycles. The molecule has 1 atom stereocenters. The molecule has 1 heteroatoms. The van der Waals surface area contributed by atoms with Crippen LogP contribution in [0.15, 0.2) is 91.1 Å². The van der Waals surface area contributed by atoms with Crippen LogP contribution in [0.5, 0.6) is 0 Å². The van der Waals surface area contributed by atoms with Crippen LogP contribution in [0.4, 0.5) is 0 Å². The zero-order chi connectivity index (χ0) is 20.2. The van der Waals surface area contributed by atoms with E-state index in [-0.39, 0.29) is 5.92 Å². The highest BCUT2D eigenvalue weighted by molar-refractivity contribution is 6.05. The summed E-state index contributed by atoms with van der Waals surface area (Å²) in [5.74, 6) is 0.679. The van der Waals surface area contributed by atoms with Gasteiger partial charge >= 0.3 is 0 Å². The molecule has 4 aromatic carbocycles. The van der Waals surface area contributed by atoms with Crippen molar-refractivity contribution in [3.8, 4) is 11.3 Å². The lowest BCUT2D eigenvalue weighted by molar-refractivity contribution is 0.861. The van der Waals surface area contributed by atoms with E-state index < -0.39 is 0 Å². The predicted octanol–water partition coefficient (Wildman–Crippen LogP) is 7.67. The highest BCUT2D eigenvalue weighted by atomic mass is 14.7. The van der Waals surface area contributed by atoms with Crippen LogP contribution in [0.25, 0.3) is 32.8 Å². The Labute approximate surface area is 177 Å². The van der Waals surface area contributed by atoms with Crippen LogP contribution in [0.3, 0.4) is 0 Å². The fourth-order valence-corrected chi connectivity index (χ4v) is 5.10. The number of hydrogen-bond acceptors (Lipinski definition) is 1. The van der Waals surface area contributed by atoms with E-state index in [2.05, 4.69) is 98.8 Å². The van der Waals surface area contributed by atoms with Crippen molar-refractivity contribution in [1.82, 2.24) is 4.98 Å². The standard InChI is InChI=1S/C29H23N/c1-18(2)22-16-21-14-15-30-29-24-13-12-19-8-6-7-11-23(19)28(24)26(25(17-22)27(21)29)20-9-4-3-5-10-20/h3-18,26H,1-2H3. The van der Waals surface area contributed by atoms with Crippen molar-refractivity contribution in [3.63, 3.8) is 0 Å². The molecule has 1 unspecified atom stereocenters. The van der Waals surface area contributed by atoms with Crippen LogP contribution >= 0.6 is 0 Å². The van der Waals surface area contributed by atoms with Crippen LogP contribution < -0.4 is 0 Å². The first-order valence-corrected chi connectivity index (χ1v) is 10.7. The van der Waals surface area contributed by atoms with E-state index in [1.165, 1.54) is 49.4 Å². The smallest absolute Gasteiger partial charge is 0.0786 e. The quantitative estimate of drug-likeness (QED) is 0.298. The minimum Gasteiger partial charge on any atom is -0.256 e. The molecule has 0 saturated heterocycles. The Morgan fingerprint density at radius 2 is 1.57 bits per heavy atom. The highest BCUT2D eigenvalue weighted by Gasteiger charge is 2.31. The fourth-order valence-electron chi connectivity index (χ4n) is 5.10. The molecule has 0 radical (unpaired) electrons. The van der Waals surface area contributed by atoms with Gasteiger partial charge in [-0.1, -0.05) is 92.7 Å². The van der Waals surface area contributed by atoms with E-state index >= 15 is 0 Å². The molecule has 0 bridgehead atoms. The second kappa shape index (κ2) is 6.53. The number of hydrogen-bond donors (Lipinski definition) is 0. The summed E-state index contributed by atoms with van der Waals surface area (Å²) in [4.78, 5) is 4.89. The van der Waals surface area contributed by atoms with Crippen molar-refractivity contribution in [3.05, 3.63) is 113 Å². The average molecular weight is 386 g/mol. The summed E-state index contributed by atoms with van der Waals surface area (Å²) in [6, 6.07) is 31.2. The summed E-state index contributed by atoms with van der Waals surface area (Å²) in [5, 5.41) is 5.20. The number of nitrogens with zero attached hydrogens (tertiary/aromatic N) is 1. The number of pyridine rings is 1. The lowest BCUT2D eigenvalue weighted by atomic mass is 9.73. The molecule has 1 aliphatic rings. The lowest BCUT2D eigenvalue weighted by Gasteiger charge is -2.31. The van der Waals surface area contributed by atoms with Crippen molar-refractivity contribution in [2.75, 3.05) is 0 Å². The van der Waals surface area contributed by atoms with E-state index in [4.69, 9.17) is 4.98 Å². The molecule has 0 spiro atoms. The van der Waals surface area contributed by atoms with E-state index in [9.17, 15) is 0 Å². The third-order valence-electron chi connectivity index (χ3n) is 6.54. The Morgan fingerprint density at radius 3 is 2.40 bits per heavy atom. The van der Waals surface area contributed by atoms with Gasteiger partial charge in [0.1, 0.15) is 0 Å². The van der Waals surface area contributed by atoms with Gasteiger partial charge in [0.15, 0.2) is 0 Å². The molecular weight excluding hydrogens is 362 g/mol. The molecule has 6 rings (SSSR count). The van der Waals surface area contributed by atoms with E-state index in [1.807, 2.05) is 6.20 Å². The van der Waals surface area contributed by atoms with Gasteiger partial charge in [0, 0.05) is 23.1 Å². The van der Waals surface area contributed by atoms with Gasteiger partial charge in [-0.2, -0.15) is 0 Å². The Hall–Kier alpha value is -3.45. The zero-order valence-electron chi connectivity index (χ0n) is 17.3. The molecule has 0 aliphatic heterocycles. The Bertz CT molecular complexity index is 1410. The first kappa shape index (κ1) is 17.4. The lowest BCUT2D eigenvalue weighted by Crippen LogP contribution is -2.13. The minimum atomic E-state index is 0.199. The van der Waals surface area contributed by atoms with Crippen LogP contribution in [0.2, 0.25) is 0 Å². The molecule has 0 N–H and O–H groups in total. The highest BCUT2D eigenvalue weighted by Crippen LogP contribution is 2.50. The van der Waals surface area contributed by atoms with Gasteiger partial charge in [-0.3, -0.25) is 4.98 Å². The summed E-state index contributed by atoms with van der Waals surface area (Å²) in [7, 11) is 0. The summed E-state index contributed by atoms with van der Waals surface area (Å²) in [6.45, 7) is 4.55. The zero-order valence-corrected chi connectivity index (χ0v) is 17.3. The number of fused-ring (bicyclic) bond motifs is 4. The average Bonchev–Trinajstić information content (AvgIpc) is 2.79. The molecule has 30 heavy (non-hydrogen) atoms. The SMILES string of the molecule is CC(C)c1cc2c3c(nccc3c1)-c1ccc3ccccc3c1C2c1ccccc1. The number of aromatic nitrogens is 1. The normalized spacial score (nSPS) is 15.0. The second-order valence-electron chi connectivity index (χ2n) is 8.61. The van der Waals surface area contributed by atoms with Crippen LogP contribution in [-0.4, -0.2) is 4.98 Å². The fraction of sp³-hybridized carbons (Fsp3) is 0.138. The molecule has 1 heterocycles. The van der Waals surface area contributed by atoms with Gasteiger partial charge in [0.2, 0.25) is 0 Å². The minimum absolute atomic E-state index is 0.199. The van der Waals surface area contributed by atoms with E-state index in [0.29, 0.717) is 5.92 Å². The first-order valence-electron chi connectivity index (χ1n) is 10.7. The van der Waals surface area contributed by atoms with Gasteiger partial charge in [0.25, 0.3) is 0 Å². The molecule has 144 valence electrons. The van der Waals surface area contributed by atoms with E-state index in [1.54, 1.807) is 0 Å². The number of rotatable bonds is 2. The monoisotopic (exact) mass is 385 g/mol. The maximum absolute atomic E-state index is 4.89. The first-order chi connectivity index (χ1) is 14.7. The van der Waals surface area contributed by atoms with Gasteiger partial charge in [-0.15, -0.1) is 0 Å². The molecular formula is C29H23N. The molecule has 1 aliphatic carbocycles. The van der Waals surface area contributed by atoms with Crippen molar-refractivity contribution >= 4 is 21.5 Å². The van der Waals surface area contributed by atoms with Crippen molar-refractivity contribution in [2.24, 2.45) is 0 Å².